The minimum atomic E-state index is -3.78. The number of hydrogen-bond acceptors (Lipinski definition) is 4. The van der Waals surface area contributed by atoms with E-state index in [4.69, 9.17) is 10.2 Å². The molecule has 7 nitrogen and oxygen atoms in total. The first-order chi connectivity index (χ1) is 9.62. The monoisotopic (exact) mass is 312 g/mol. The van der Waals surface area contributed by atoms with Crippen LogP contribution in [0.2, 0.25) is 0 Å². The maximum absolute atomic E-state index is 12.0. The Morgan fingerprint density at radius 2 is 1.95 bits per heavy atom. The molecule has 1 atom stereocenters. The zero-order valence-electron chi connectivity index (χ0n) is 11.7. The molecule has 3 N–H and O–H groups in total. The van der Waals surface area contributed by atoms with Gasteiger partial charge < -0.3 is 10.0 Å². The van der Waals surface area contributed by atoms with Gasteiger partial charge in [-0.1, -0.05) is 0 Å². The number of carbonyl (C=O) groups excluding carboxylic acids is 1. The number of benzene rings is 1. The van der Waals surface area contributed by atoms with Gasteiger partial charge in [-0.2, -0.15) is 0 Å². The van der Waals surface area contributed by atoms with E-state index in [2.05, 4.69) is 0 Å². The standard InChI is InChI=1S/C13H16N2O5S/c1-7-8(2)11(4-3-10(7)13(17)18)15-6-9(5-12(15)16)21(14,19)20/h3-4,9H,5-6H2,1-2H3,(H,17,18)(H2,14,19,20). The molecule has 1 saturated heterocycles. The molecule has 0 saturated carbocycles. The fourth-order valence-corrected chi connectivity index (χ4v) is 3.19. The van der Waals surface area contributed by atoms with Gasteiger partial charge in [-0.15, -0.1) is 0 Å². The van der Waals surface area contributed by atoms with Crippen LogP contribution in [0.15, 0.2) is 12.1 Å². The minimum absolute atomic E-state index is 0.00956. The lowest BCUT2D eigenvalue weighted by Gasteiger charge is -2.21. The van der Waals surface area contributed by atoms with E-state index < -0.39 is 21.2 Å². The van der Waals surface area contributed by atoms with Gasteiger partial charge in [0, 0.05) is 18.7 Å². The Morgan fingerprint density at radius 1 is 1.33 bits per heavy atom. The summed E-state index contributed by atoms with van der Waals surface area (Å²) < 4.78 is 22.7. The van der Waals surface area contributed by atoms with Crippen LogP contribution in [0.3, 0.4) is 0 Å². The number of anilines is 1. The van der Waals surface area contributed by atoms with E-state index in [9.17, 15) is 18.0 Å². The molecule has 8 heteroatoms. The van der Waals surface area contributed by atoms with Crippen molar-refractivity contribution in [2.45, 2.75) is 25.5 Å². The minimum Gasteiger partial charge on any atom is -0.478 e. The van der Waals surface area contributed by atoms with Crippen LogP contribution in [-0.4, -0.2) is 37.2 Å². The third-order valence-electron chi connectivity index (χ3n) is 3.83. The van der Waals surface area contributed by atoms with Crippen LogP contribution in [0, 0.1) is 13.8 Å². The van der Waals surface area contributed by atoms with E-state index in [0.29, 0.717) is 16.8 Å². The van der Waals surface area contributed by atoms with E-state index in [1.165, 1.54) is 17.0 Å². The highest BCUT2D eigenvalue weighted by molar-refractivity contribution is 7.89. The Bertz CT molecular complexity index is 726. The molecule has 2 rings (SSSR count). The summed E-state index contributed by atoms with van der Waals surface area (Å²) in [6, 6.07) is 2.94. The molecule has 0 spiro atoms. The lowest BCUT2D eigenvalue weighted by Crippen LogP contribution is -2.32. The van der Waals surface area contributed by atoms with Crippen molar-refractivity contribution in [1.82, 2.24) is 0 Å². The van der Waals surface area contributed by atoms with Crippen LogP contribution >= 0.6 is 0 Å². The number of amides is 1. The zero-order chi connectivity index (χ0) is 15.9. The van der Waals surface area contributed by atoms with E-state index in [1.807, 2.05) is 0 Å². The Balaban J connectivity index is 2.42. The Labute approximate surface area is 122 Å². The van der Waals surface area contributed by atoms with Crippen LogP contribution < -0.4 is 10.0 Å². The summed E-state index contributed by atoms with van der Waals surface area (Å²) in [4.78, 5) is 24.4. The Morgan fingerprint density at radius 3 is 2.43 bits per heavy atom. The van der Waals surface area contributed by atoms with Gasteiger partial charge in [0.1, 0.15) is 5.25 Å². The van der Waals surface area contributed by atoms with E-state index in [-0.39, 0.29) is 24.4 Å². The zero-order valence-corrected chi connectivity index (χ0v) is 12.5. The predicted octanol–water partition coefficient (Wildman–Crippen LogP) is 0.395. The number of primary sulfonamides is 1. The first-order valence-corrected chi connectivity index (χ1v) is 7.89. The maximum Gasteiger partial charge on any atom is 0.335 e. The average molecular weight is 312 g/mol. The molecule has 0 aliphatic carbocycles. The average Bonchev–Trinajstić information content (AvgIpc) is 2.74. The predicted molar refractivity (Wildman–Crippen MR) is 76.7 cm³/mol. The van der Waals surface area contributed by atoms with Crippen LogP contribution in [0.5, 0.6) is 0 Å². The molecule has 0 bridgehead atoms. The lowest BCUT2D eigenvalue weighted by molar-refractivity contribution is -0.117. The highest BCUT2D eigenvalue weighted by Gasteiger charge is 2.37. The van der Waals surface area contributed by atoms with Gasteiger partial charge in [0.2, 0.25) is 15.9 Å². The second-order valence-corrected chi connectivity index (χ2v) is 6.95. The molecule has 114 valence electrons. The van der Waals surface area contributed by atoms with Crippen LogP contribution in [0.25, 0.3) is 0 Å². The van der Waals surface area contributed by atoms with Crippen molar-refractivity contribution in [3.63, 3.8) is 0 Å². The molecule has 0 radical (unpaired) electrons. The largest absolute Gasteiger partial charge is 0.478 e. The van der Waals surface area contributed by atoms with Crippen molar-refractivity contribution in [3.05, 3.63) is 28.8 Å². The fourth-order valence-electron chi connectivity index (χ4n) is 2.46. The van der Waals surface area contributed by atoms with Gasteiger partial charge >= 0.3 is 5.97 Å². The lowest BCUT2D eigenvalue weighted by atomic mass is 10.0. The second-order valence-electron chi connectivity index (χ2n) is 5.11. The van der Waals surface area contributed by atoms with Crippen molar-refractivity contribution in [3.8, 4) is 0 Å². The summed E-state index contributed by atoms with van der Waals surface area (Å²) in [5.74, 6) is -1.38. The van der Waals surface area contributed by atoms with Gasteiger partial charge in [0.15, 0.2) is 0 Å². The fraction of sp³-hybridized carbons (Fsp3) is 0.385. The Hall–Kier alpha value is -1.93. The van der Waals surface area contributed by atoms with Crippen LogP contribution in [0.1, 0.15) is 27.9 Å². The van der Waals surface area contributed by atoms with E-state index in [0.717, 1.165) is 0 Å². The normalized spacial score (nSPS) is 19.1. The highest BCUT2D eigenvalue weighted by Crippen LogP contribution is 2.30. The molecule has 1 unspecified atom stereocenters. The van der Waals surface area contributed by atoms with Crippen molar-refractivity contribution in [1.29, 1.82) is 0 Å². The van der Waals surface area contributed by atoms with Gasteiger partial charge in [-0.05, 0) is 37.1 Å². The number of aromatic carboxylic acids is 1. The summed E-state index contributed by atoms with van der Waals surface area (Å²) >= 11 is 0. The molecule has 1 aliphatic heterocycles. The molecular weight excluding hydrogens is 296 g/mol. The quantitative estimate of drug-likeness (QED) is 0.837. The number of rotatable bonds is 3. The molecule has 1 fully saturated rings. The summed E-state index contributed by atoms with van der Waals surface area (Å²) in [6.45, 7) is 3.35. The SMILES string of the molecule is Cc1c(C(=O)O)ccc(N2CC(S(N)(=O)=O)CC2=O)c1C. The molecule has 1 aromatic rings. The number of hydrogen-bond donors (Lipinski definition) is 2. The molecule has 1 aliphatic rings. The van der Waals surface area contributed by atoms with Crippen molar-refractivity contribution >= 4 is 27.6 Å². The summed E-state index contributed by atoms with van der Waals surface area (Å²) in [7, 11) is -3.78. The molecule has 1 amide bonds. The number of carboxylic acid groups (broad SMARTS) is 1. The number of carbonyl (C=O) groups is 2. The van der Waals surface area contributed by atoms with Gasteiger partial charge in [-0.3, -0.25) is 4.79 Å². The first-order valence-electron chi connectivity index (χ1n) is 6.28. The third-order valence-corrected chi connectivity index (χ3v) is 5.08. The smallest absolute Gasteiger partial charge is 0.335 e. The van der Waals surface area contributed by atoms with Gasteiger partial charge in [-0.25, -0.2) is 18.4 Å². The van der Waals surface area contributed by atoms with Gasteiger partial charge in [0.25, 0.3) is 0 Å². The Kier molecular flexibility index (Phi) is 3.77. The summed E-state index contributed by atoms with van der Waals surface area (Å²) in [5.41, 5.74) is 1.87. The topological polar surface area (TPSA) is 118 Å². The summed E-state index contributed by atoms with van der Waals surface area (Å²) in [5, 5.41) is 13.2. The molecule has 1 heterocycles. The van der Waals surface area contributed by atoms with Crippen molar-refractivity contribution in [2.75, 3.05) is 11.4 Å². The third kappa shape index (κ3) is 2.77. The maximum atomic E-state index is 12.0. The second kappa shape index (κ2) is 5.12. The number of sulfonamides is 1. The van der Waals surface area contributed by atoms with E-state index in [1.54, 1.807) is 13.8 Å². The molecule has 1 aromatic carbocycles. The molecular formula is C13H16N2O5S. The summed E-state index contributed by atoms with van der Waals surface area (Å²) in [6.07, 6.45) is -0.155. The number of nitrogens with zero attached hydrogens (tertiary/aromatic N) is 1. The van der Waals surface area contributed by atoms with Crippen molar-refractivity contribution in [2.24, 2.45) is 5.14 Å². The molecule has 0 aromatic heterocycles. The van der Waals surface area contributed by atoms with E-state index >= 15 is 0 Å². The van der Waals surface area contributed by atoms with Crippen LogP contribution in [-0.2, 0) is 14.8 Å². The highest BCUT2D eigenvalue weighted by atomic mass is 32.2. The first kappa shape index (κ1) is 15.5. The molecule has 21 heavy (non-hydrogen) atoms. The van der Waals surface area contributed by atoms with Crippen molar-refractivity contribution < 1.29 is 23.1 Å². The number of nitrogens with two attached hydrogens (primary N) is 1. The van der Waals surface area contributed by atoms with Gasteiger partial charge in [0.05, 0.1) is 5.56 Å². The van der Waals surface area contributed by atoms with Crippen LogP contribution in [0.4, 0.5) is 5.69 Å². The number of carboxylic acids is 1.